The molecule has 2 unspecified atom stereocenters. The van der Waals surface area contributed by atoms with Crippen molar-refractivity contribution >= 4 is 36.6 Å². The van der Waals surface area contributed by atoms with E-state index in [0.29, 0.717) is 6.41 Å². The molecule has 0 aliphatic heterocycles. The summed E-state index contributed by atoms with van der Waals surface area (Å²) in [5.41, 5.74) is 1.18. The van der Waals surface area contributed by atoms with Crippen LogP contribution in [0.4, 0.5) is 0 Å². The highest BCUT2D eigenvalue weighted by Crippen LogP contribution is 2.66. The number of amides is 1. The van der Waals surface area contributed by atoms with Gasteiger partial charge in [-0.15, -0.1) is 0 Å². The first-order valence-corrected chi connectivity index (χ1v) is 11.3. The van der Waals surface area contributed by atoms with Crippen LogP contribution in [0.5, 0.6) is 0 Å². The monoisotopic (exact) mass is 375 g/mol. The zero-order valence-corrected chi connectivity index (χ0v) is 16.9. The third kappa shape index (κ3) is 6.16. The molecule has 0 bridgehead atoms. The lowest BCUT2D eigenvalue weighted by atomic mass is 10.2. The van der Waals surface area contributed by atoms with Crippen molar-refractivity contribution in [3.63, 3.8) is 0 Å². The predicted octanol–water partition coefficient (Wildman–Crippen LogP) is 4.34. The minimum Gasteiger partial charge on any atom is -0.278 e. The van der Waals surface area contributed by atoms with Crippen LogP contribution in [0.1, 0.15) is 25.8 Å². The summed E-state index contributed by atoms with van der Waals surface area (Å²) < 4.78 is 18.4. The molecule has 0 aliphatic carbocycles. The lowest BCUT2D eigenvalue weighted by molar-refractivity contribution is -0.113. The molecule has 1 aromatic carbocycles. The lowest BCUT2D eigenvalue weighted by Gasteiger charge is -2.34. The van der Waals surface area contributed by atoms with Gasteiger partial charge in [-0.2, -0.15) is 4.08 Å². The summed E-state index contributed by atoms with van der Waals surface area (Å²) in [4.78, 5) is 11.2. The largest absolute Gasteiger partial charge is 0.307 e. The summed E-state index contributed by atoms with van der Waals surface area (Å²) in [5.74, 6) is 0. The van der Waals surface area contributed by atoms with E-state index in [9.17, 15) is 9.36 Å². The Hall–Kier alpha value is -0.460. The minimum absolute atomic E-state index is 0.214. The van der Waals surface area contributed by atoms with Crippen molar-refractivity contribution in [3.05, 3.63) is 35.9 Å². The predicted molar refractivity (Wildman–Crippen MR) is 102 cm³/mol. The van der Waals surface area contributed by atoms with E-state index < -0.39 is 6.65 Å². The highest BCUT2D eigenvalue weighted by Gasteiger charge is 2.36. The average molecular weight is 376 g/mol. The molecule has 1 rings (SSSR count). The standard InChI is InChI=1S/C15H26N3O2PS2/c1-6-14(2)22-21(20,16(3)13-19)18(5)23-17(4)12-15-10-8-7-9-11-15/h7-11,13-14H,6,12H2,1-5H3. The van der Waals surface area contributed by atoms with Crippen LogP contribution in [-0.2, 0) is 15.9 Å². The normalized spacial score (nSPS) is 15.4. The Morgan fingerprint density at radius 1 is 1.22 bits per heavy atom. The Bertz CT molecular complexity index is 533. The van der Waals surface area contributed by atoms with E-state index in [0.717, 1.165) is 13.0 Å². The topological polar surface area (TPSA) is 43.9 Å². The third-order valence-corrected chi connectivity index (χ3v) is 11.1. The fraction of sp³-hybridized carbons (Fsp3) is 0.533. The first kappa shape index (κ1) is 20.6. The molecule has 0 N–H and O–H groups in total. The van der Waals surface area contributed by atoms with Crippen LogP contribution in [0.15, 0.2) is 30.3 Å². The summed E-state index contributed by atoms with van der Waals surface area (Å²) in [6.45, 7) is 1.82. The van der Waals surface area contributed by atoms with Gasteiger partial charge < -0.3 is 0 Å². The Morgan fingerprint density at radius 3 is 2.35 bits per heavy atom. The van der Waals surface area contributed by atoms with Crippen LogP contribution in [-0.4, -0.2) is 45.9 Å². The van der Waals surface area contributed by atoms with Crippen molar-refractivity contribution in [1.29, 1.82) is 0 Å². The van der Waals surface area contributed by atoms with Crippen LogP contribution in [0.3, 0.4) is 0 Å². The maximum Gasteiger partial charge on any atom is 0.307 e. The molecule has 5 nitrogen and oxygen atoms in total. The molecule has 0 saturated carbocycles. The molecule has 130 valence electrons. The molecule has 0 aliphatic rings. The van der Waals surface area contributed by atoms with Crippen LogP contribution in [0.25, 0.3) is 0 Å². The lowest BCUT2D eigenvalue weighted by Crippen LogP contribution is -2.24. The van der Waals surface area contributed by atoms with Gasteiger partial charge in [0, 0.05) is 38.0 Å². The van der Waals surface area contributed by atoms with Gasteiger partial charge in [-0.25, -0.2) is 4.31 Å². The molecule has 23 heavy (non-hydrogen) atoms. The second-order valence-corrected chi connectivity index (χ2v) is 12.2. The maximum atomic E-state index is 13.3. The van der Waals surface area contributed by atoms with Crippen molar-refractivity contribution in [2.24, 2.45) is 0 Å². The smallest absolute Gasteiger partial charge is 0.278 e. The highest BCUT2D eigenvalue weighted by atomic mass is 32.7. The van der Waals surface area contributed by atoms with E-state index in [4.69, 9.17) is 0 Å². The number of carbonyl (C=O) groups is 1. The number of hydrogen-bond donors (Lipinski definition) is 0. The summed E-state index contributed by atoms with van der Waals surface area (Å²) in [6, 6.07) is 10.1. The molecule has 0 radical (unpaired) electrons. The fourth-order valence-corrected chi connectivity index (χ4v) is 8.37. The van der Waals surface area contributed by atoms with Gasteiger partial charge in [-0.3, -0.25) is 14.0 Å². The zero-order valence-electron chi connectivity index (χ0n) is 14.4. The van der Waals surface area contributed by atoms with Gasteiger partial charge in [0.1, 0.15) is 0 Å². The SMILES string of the molecule is CCC(C)SP(=O)(N(C)C=O)N(C)SN(C)Cc1ccccc1. The molecule has 0 saturated heterocycles. The van der Waals surface area contributed by atoms with Gasteiger partial charge in [0.05, 0.1) is 0 Å². The van der Waals surface area contributed by atoms with Crippen LogP contribution in [0.2, 0.25) is 0 Å². The number of rotatable bonds is 10. The van der Waals surface area contributed by atoms with E-state index in [-0.39, 0.29) is 5.25 Å². The first-order valence-electron chi connectivity index (χ1n) is 7.47. The molecule has 1 amide bonds. The molecule has 0 heterocycles. The van der Waals surface area contributed by atoms with Gasteiger partial charge in [-0.05, 0) is 19.0 Å². The average Bonchev–Trinajstić information content (AvgIpc) is 2.54. The molecule has 0 aromatic heterocycles. The summed E-state index contributed by atoms with van der Waals surface area (Å²) >= 11 is 2.74. The molecule has 1 aromatic rings. The van der Waals surface area contributed by atoms with E-state index in [2.05, 4.69) is 19.1 Å². The van der Waals surface area contributed by atoms with E-state index in [1.54, 1.807) is 18.2 Å². The van der Waals surface area contributed by atoms with Crippen LogP contribution >= 0.6 is 30.2 Å². The summed E-state index contributed by atoms with van der Waals surface area (Å²) in [6.07, 6.45) is 1.55. The Labute approximate surface area is 148 Å². The number of benzene rings is 1. The fourth-order valence-electron chi connectivity index (χ4n) is 1.83. The van der Waals surface area contributed by atoms with Gasteiger partial charge in [0.25, 0.3) is 0 Å². The summed E-state index contributed by atoms with van der Waals surface area (Å²) in [7, 11) is 5.31. The van der Waals surface area contributed by atoms with Crippen molar-refractivity contribution in [1.82, 2.24) is 13.1 Å². The third-order valence-electron chi connectivity index (χ3n) is 3.30. The molecular weight excluding hydrogens is 349 g/mol. The van der Waals surface area contributed by atoms with E-state index in [1.807, 2.05) is 36.5 Å². The van der Waals surface area contributed by atoms with Crippen molar-refractivity contribution in [3.8, 4) is 0 Å². The van der Waals surface area contributed by atoms with Gasteiger partial charge in [0.15, 0.2) is 0 Å². The molecule has 8 heteroatoms. The highest BCUT2D eigenvalue weighted by molar-refractivity contribution is 8.58. The van der Waals surface area contributed by atoms with Crippen LogP contribution < -0.4 is 0 Å². The molecule has 2 atom stereocenters. The van der Waals surface area contributed by atoms with Crippen molar-refractivity contribution in [2.45, 2.75) is 32.1 Å². The molecular formula is C15H26N3O2PS2. The Kier molecular flexibility index (Phi) is 8.72. The Balaban J connectivity index is 2.78. The van der Waals surface area contributed by atoms with E-state index >= 15 is 0 Å². The Morgan fingerprint density at radius 2 is 1.83 bits per heavy atom. The van der Waals surface area contributed by atoms with Crippen molar-refractivity contribution < 1.29 is 9.36 Å². The van der Waals surface area contributed by atoms with Gasteiger partial charge in [0.2, 0.25) is 6.41 Å². The maximum absolute atomic E-state index is 13.3. The number of hydrogen-bond acceptors (Lipinski definition) is 5. The first-order chi connectivity index (χ1) is 10.8. The second-order valence-electron chi connectivity index (χ2n) is 5.31. The van der Waals surface area contributed by atoms with Crippen LogP contribution in [0, 0.1) is 0 Å². The molecule has 0 spiro atoms. The van der Waals surface area contributed by atoms with Gasteiger partial charge >= 0.3 is 6.65 Å². The number of nitrogens with zero attached hydrogens (tertiary/aromatic N) is 3. The van der Waals surface area contributed by atoms with E-state index in [1.165, 1.54) is 33.7 Å². The summed E-state index contributed by atoms with van der Waals surface area (Å²) in [5, 5.41) is 0.214. The number of carbonyl (C=O) groups excluding carboxylic acids is 1. The minimum atomic E-state index is -3.00. The second kappa shape index (κ2) is 9.74. The van der Waals surface area contributed by atoms with Gasteiger partial charge in [-0.1, -0.05) is 55.6 Å². The van der Waals surface area contributed by atoms with Crippen molar-refractivity contribution in [2.75, 3.05) is 21.1 Å². The zero-order chi connectivity index (χ0) is 17.5. The quantitative estimate of drug-likeness (QED) is 0.344. The molecule has 0 fully saturated rings.